The zero-order valence-electron chi connectivity index (χ0n) is 13.7. The van der Waals surface area contributed by atoms with Crippen molar-refractivity contribution in [2.45, 2.75) is 65.8 Å². The van der Waals surface area contributed by atoms with E-state index in [1.807, 2.05) is 0 Å². The molecule has 0 heterocycles. The molecule has 1 aliphatic carbocycles. The lowest BCUT2D eigenvalue weighted by molar-refractivity contribution is 0.295. The van der Waals surface area contributed by atoms with Gasteiger partial charge in [0.1, 0.15) is 0 Å². The van der Waals surface area contributed by atoms with Crippen LogP contribution >= 0.6 is 0 Å². The van der Waals surface area contributed by atoms with Crippen LogP contribution in [0, 0.1) is 25.7 Å². The van der Waals surface area contributed by atoms with Crippen LogP contribution in [0.15, 0.2) is 18.2 Å². The molecule has 0 radical (unpaired) electrons. The molecule has 3 unspecified atom stereocenters. The second-order valence-corrected chi connectivity index (χ2v) is 6.83. The molecular formula is C19H31N. The Balaban J connectivity index is 2.09. The first-order chi connectivity index (χ1) is 9.60. The fourth-order valence-electron chi connectivity index (χ4n) is 3.92. The highest BCUT2D eigenvalue weighted by atomic mass is 14.9. The molecular weight excluding hydrogens is 242 g/mol. The van der Waals surface area contributed by atoms with Gasteiger partial charge >= 0.3 is 0 Å². The summed E-state index contributed by atoms with van der Waals surface area (Å²) < 4.78 is 0. The van der Waals surface area contributed by atoms with E-state index in [1.165, 1.54) is 48.8 Å². The molecule has 0 aromatic heterocycles. The first kappa shape index (κ1) is 15.6. The van der Waals surface area contributed by atoms with E-state index < -0.39 is 0 Å². The zero-order chi connectivity index (χ0) is 14.5. The highest BCUT2D eigenvalue weighted by Gasteiger charge is 2.30. The Morgan fingerprint density at radius 3 is 2.40 bits per heavy atom. The molecule has 0 bridgehead atoms. The highest BCUT2D eigenvalue weighted by Crippen LogP contribution is 2.34. The molecule has 1 aromatic carbocycles. The average molecular weight is 273 g/mol. The van der Waals surface area contributed by atoms with Gasteiger partial charge in [-0.1, -0.05) is 56.0 Å². The van der Waals surface area contributed by atoms with Crippen LogP contribution in [0.25, 0.3) is 0 Å². The number of hydrogen-bond acceptors (Lipinski definition) is 1. The van der Waals surface area contributed by atoms with E-state index in [2.05, 4.69) is 51.2 Å². The monoisotopic (exact) mass is 273 g/mol. The van der Waals surface area contributed by atoms with Crippen LogP contribution in [0.4, 0.5) is 0 Å². The maximum Gasteiger partial charge on any atom is 0.0138 e. The SMILES string of the molecule is CCCNC(Cc1cc(C)cc(C)c1)C1CCCC1C. The van der Waals surface area contributed by atoms with E-state index in [0.717, 1.165) is 18.4 Å². The van der Waals surface area contributed by atoms with Gasteiger partial charge in [0.05, 0.1) is 0 Å². The summed E-state index contributed by atoms with van der Waals surface area (Å²) in [4.78, 5) is 0. The minimum atomic E-state index is 0.661. The van der Waals surface area contributed by atoms with E-state index in [-0.39, 0.29) is 0 Å². The molecule has 1 heteroatoms. The van der Waals surface area contributed by atoms with Crippen LogP contribution in [-0.2, 0) is 6.42 Å². The molecule has 112 valence electrons. The van der Waals surface area contributed by atoms with Crippen LogP contribution in [0.1, 0.15) is 56.2 Å². The molecule has 0 aliphatic heterocycles. The molecule has 2 rings (SSSR count). The maximum atomic E-state index is 3.83. The van der Waals surface area contributed by atoms with E-state index in [0.29, 0.717) is 6.04 Å². The second kappa shape index (κ2) is 7.26. The lowest BCUT2D eigenvalue weighted by Gasteiger charge is -2.28. The third-order valence-electron chi connectivity index (χ3n) is 4.84. The van der Waals surface area contributed by atoms with Gasteiger partial charge in [0.25, 0.3) is 0 Å². The Labute approximate surface area is 125 Å². The normalized spacial score (nSPS) is 24.0. The van der Waals surface area contributed by atoms with Crippen molar-refractivity contribution < 1.29 is 0 Å². The van der Waals surface area contributed by atoms with Crippen molar-refractivity contribution in [3.63, 3.8) is 0 Å². The molecule has 1 fully saturated rings. The number of benzene rings is 1. The van der Waals surface area contributed by atoms with Crippen molar-refractivity contribution in [1.82, 2.24) is 5.32 Å². The van der Waals surface area contributed by atoms with Gasteiger partial charge in [0.15, 0.2) is 0 Å². The molecule has 20 heavy (non-hydrogen) atoms. The first-order valence-corrected chi connectivity index (χ1v) is 8.40. The predicted molar refractivity (Wildman–Crippen MR) is 88.2 cm³/mol. The third kappa shape index (κ3) is 4.09. The van der Waals surface area contributed by atoms with Crippen molar-refractivity contribution in [3.05, 3.63) is 34.9 Å². The summed E-state index contributed by atoms with van der Waals surface area (Å²) in [5.74, 6) is 1.75. The Bertz CT molecular complexity index is 404. The van der Waals surface area contributed by atoms with Gasteiger partial charge in [-0.15, -0.1) is 0 Å². The van der Waals surface area contributed by atoms with Gasteiger partial charge in [-0.05, 0) is 57.1 Å². The van der Waals surface area contributed by atoms with Crippen molar-refractivity contribution in [2.24, 2.45) is 11.8 Å². The number of nitrogens with one attached hydrogen (secondary N) is 1. The highest BCUT2D eigenvalue weighted by molar-refractivity contribution is 5.29. The molecule has 0 saturated heterocycles. The summed E-state index contributed by atoms with van der Waals surface area (Å²) in [6.07, 6.45) is 6.67. The van der Waals surface area contributed by atoms with Gasteiger partial charge in [0, 0.05) is 6.04 Å². The van der Waals surface area contributed by atoms with Crippen LogP contribution in [-0.4, -0.2) is 12.6 Å². The predicted octanol–water partition coefficient (Wildman–Crippen LogP) is 4.65. The summed E-state index contributed by atoms with van der Waals surface area (Å²) in [6, 6.07) is 7.67. The summed E-state index contributed by atoms with van der Waals surface area (Å²) in [6.45, 7) is 10.3. The molecule has 0 amide bonds. The van der Waals surface area contributed by atoms with E-state index >= 15 is 0 Å². The van der Waals surface area contributed by atoms with Gasteiger partial charge < -0.3 is 5.32 Å². The first-order valence-electron chi connectivity index (χ1n) is 8.40. The van der Waals surface area contributed by atoms with Crippen molar-refractivity contribution in [3.8, 4) is 0 Å². The van der Waals surface area contributed by atoms with Crippen molar-refractivity contribution in [1.29, 1.82) is 0 Å². The fourth-order valence-corrected chi connectivity index (χ4v) is 3.92. The lowest BCUT2D eigenvalue weighted by atomic mass is 9.86. The minimum Gasteiger partial charge on any atom is -0.313 e. The van der Waals surface area contributed by atoms with Gasteiger partial charge in [-0.25, -0.2) is 0 Å². The van der Waals surface area contributed by atoms with Crippen LogP contribution in [0.3, 0.4) is 0 Å². The van der Waals surface area contributed by atoms with Gasteiger partial charge in [-0.3, -0.25) is 0 Å². The molecule has 1 nitrogen and oxygen atoms in total. The molecule has 0 spiro atoms. The minimum absolute atomic E-state index is 0.661. The van der Waals surface area contributed by atoms with Crippen LogP contribution in [0.2, 0.25) is 0 Å². The largest absolute Gasteiger partial charge is 0.313 e. The molecule has 3 atom stereocenters. The molecule has 1 N–H and O–H groups in total. The smallest absolute Gasteiger partial charge is 0.0138 e. The molecule has 1 saturated carbocycles. The van der Waals surface area contributed by atoms with Crippen LogP contribution < -0.4 is 5.32 Å². The second-order valence-electron chi connectivity index (χ2n) is 6.83. The summed E-state index contributed by atoms with van der Waals surface area (Å²) in [7, 11) is 0. The molecule has 1 aliphatic rings. The number of rotatable bonds is 6. The number of hydrogen-bond donors (Lipinski definition) is 1. The van der Waals surface area contributed by atoms with E-state index in [9.17, 15) is 0 Å². The van der Waals surface area contributed by atoms with Crippen molar-refractivity contribution in [2.75, 3.05) is 6.54 Å². The van der Waals surface area contributed by atoms with Crippen molar-refractivity contribution >= 4 is 0 Å². The topological polar surface area (TPSA) is 12.0 Å². The quantitative estimate of drug-likeness (QED) is 0.795. The van der Waals surface area contributed by atoms with Gasteiger partial charge in [-0.2, -0.15) is 0 Å². The summed E-state index contributed by atoms with van der Waals surface area (Å²) in [5, 5.41) is 3.83. The van der Waals surface area contributed by atoms with E-state index in [4.69, 9.17) is 0 Å². The fraction of sp³-hybridized carbons (Fsp3) is 0.684. The van der Waals surface area contributed by atoms with Gasteiger partial charge in [0.2, 0.25) is 0 Å². The summed E-state index contributed by atoms with van der Waals surface area (Å²) >= 11 is 0. The Morgan fingerprint density at radius 1 is 1.15 bits per heavy atom. The van der Waals surface area contributed by atoms with Crippen LogP contribution in [0.5, 0.6) is 0 Å². The Hall–Kier alpha value is -0.820. The standard InChI is InChI=1S/C19H31N/c1-5-9-20-19(18-8-6-7-16(18)4)13-17-11-14(2)10-15(3)12-17/h10-12,16,18-20H,5-9,13H2,1-4H3. The Morgan fingerprint density at radius 2 is 1.85 bits per heavy atom. The maximum absolute atomic E-state index is 3.83. The lowest BCUT2D eigenvalue weighted by Crippen LogP contribution is -2.39. The third-order valence-corrected chi connectivity index (χ3v) is 4.84. The Kier molecular flexibility index (Phi) is 5.65. The number of aryl methyl sites for hydroxylation is 2. The summed E-state index contributed by atoms with van der Waals surface area (Å²) in [5.41, 5.74) is 4.30. The zero-order valence-corrected chi connectivity index (χ0v) is 13.7. The van der Waals surface area contributed by atoms with E-state index in [1.54, 1.807) is 0 Å². The molecule has 1 aromatic rings. The average Bonchev–Trinajstić information content (AvgIpc) is 2.79.